The lowest BCUT2D eigenvalue weighted by molar-refractivity contribution is 0.00669. The molecule has 1 aromatic carbocycles. The molecule has 0 saturated heterocycles. The number of aromatic nitrogens is 2. The Balaban J connectivity index is 1.35. The minimum Gasteiger partial charge on any atom is -0.334 e. The standard InChI is InChI=1S/C22H25F2N5O3S/c1-14(2)29-12-18(10-27-29)33(31,32)17-6-4-15(5-7-17)8-26-21(30)28-11-16-9-25-20(19(16)13-28)22(3,23)24/h4-7,9-10,12,14,20H,8,11,13H2,1-3H3,(H,26,30). The molecule has 2 amide bonds. The fourth-order valence-corrected chi connectivity index (χ4v) is 5.04. The molecule has 0 aliphatic carbocycles. The van der Waals surface area contributed by atoms with Gasteiger partial charge < -0.3 is 10.2 Å². The first-order valence-electron chi connectivity index (χ1n) is 10.5. The van der Waals surface area contributed by atoms with Gasteiger partial charge in [-0.05, 0) is 42.7 Å². The molecule has 8 nitrogen and oxygen atoms in total. The molecule has 0 fully saturated rings. The van der Waals surface area contributed by atoms with Crippen molar-refractivity contribution < 1.29 is 22.0 Å². The number of carbonyl (C=O) groups is 1. The number of nitrogens with one attached hydrogen (secondary N) is 1. The minimum absolute atomic E-state index is 0.0450. The van der Waals surface area contributed by atoms with Gasteiger partial charge in [0.05, 0.1) is 11.1 Å². The van der Waals surface area contributed by atoms with Gasteiger partial charge in [-0.3, -0.25) is 9.67 Å². The third kappa shape index (κ3) is 4.54. The maximum Gasteiger partial charge on any atom is 0.318 e. The molecular formula is C22H25F2N5O3S. The van der Waals surface area contributed by atoms with E-state index in [0.29, 0.717) is 16.7 Å². The topological polar surface area (TPSA) is 96.7 Å². The fourth-order valence-electron chi connectivity index (χ4n) is 3.84. The van der Waals surface area contributed by atoms with Gasteiger partial charge in [0, 0.05) is 45.0 Å². The largest absolute Gasteiger partial charge is 0.334 e. The molecule has 176 valence electrons. The van der Waals surface area contributed by atoms with E-state index < -0.39 is 21.8 Å². The summed E-state index contributed by atoms with van der Waals surface area (Å²) < 4.78 is 54.6. The van der Waals surface area contributed by atoms with E-state index in [1.54, 1.807) is 16.8 Å². The van der Waals surface area contributed by atoms with Crippen LogP contribution in [0.2, 0.25) is 0 Å². The fraction of sp³-hybridized carbons (Fsp3) is 0.409. The molecular weight excluding hydrogens is 452 g/mol. The molecule has 0 radical (unpaired) electrons. The summed E-state index contributed by atoms with van der Waals surface area (Å²) in [6, 6.07) is 4.68. The zero-order valence-electron chi connectivity index (χ0n) is 18.5. The third-order valence-corrected chi connectivity index (χ3v) is 7.43. The second kappa shape index (κ2) is 8.36. The second-order valence-corrected chi connectivity index (χ2v) is 10.5. The Labute approximate surface area is 190 Å². The molecule has 0 saturated carbocycles. The predicted octanol–water partition coefficient (Wildman–Crippen LogP) is 3.23. The second-order valence-electron chi connectivity index (χ2n) is 8.60. The van der Waals surface area contributed by atoms with Gasteiger partial charge in [-0.1, -0.05) is 12.1 Å². The first-order chi connectivity index (χ1) is 15.5. The van der Waals surface area contributed by atoms with Crippen molar-refractivity contribution in [1.29, 1.82) is 0 Å². The normalized spacial score (nSPS) is 18.4. The molecule has 2 aliphatic rings. The average molecular weight is 478 g/mol. The van der Waals surface area contributed by atoms with Crippen LogP contribution in [0, 0.1) is 0 Å². The van der Waals surface area contributed by atoms with Gasteiger partial charge >= 0.3 is 6.03 Å². The first-order valence-corrected chi connectivity index (χ1v) is 12.0. The van der Waals surface area contributed by atoms with E-state index >= 15 is 0 Å². The van der Waals surface area contributed by atoms with Gasteiger partial charge in [0.1, 0.15) is 10.9 Å². The first kappa shape index (κ1) is 23.1. The molecule has 3 heterocycles. The van der Waals surface area contributed by atoms with Crippen LogP contribution in [-0.2, 0) is 16.4 Å². The van der Waals surface area contributed by atoms with Crippen LogP contribution in [-0.4, -0.2) is 60.4 Å². The molecule has 0 spiro atoms. The Kier molecular flexibility index (Phi) is 5.85. The summed E-state index contributed by atoms with van der Waals surface area (Å²) in [4.78, 5) is 18.1. The van der Waals surface area contributed by atoms with Crippen molar-refractivity contribution >= 4 is 22.1 Å². The number of amides is 2. The summed E-state index contributed by atoms with van der Waals surface area (Å²) in [5.74, 6) is -2.98. The van der Waals surface area contributed by atoms with E-state index in [0.717, 1.165) is 6.92 Å². The minimum atomic E-state index is -3.70. The van der Waals surface area contributed by atoms with Crippen LogP contribution in [0.5, 0.6) is 0 Å². The number of benzene rings is 1. The van der Waals surface area contributed by atoms with E-state index in [4.69, 9.17) is 0 Å². The number of sulfone groups is 1. The smallest absolute Gasteiger partial charge is 0.318 e. The molecule has 1 aromatic heterocycles. The zero-order valence-corrected chi connectivity index (χ0v) is 19.3. The van der Waals surface area contributed by atoms with Crippen LogP contribution in [0.15, 0.2) is 62.6 Å². The highest BCUT2D eigenvalue weighted by atomic mass is 32.2. The molecule has 2 aromatic rings. The molecule has 0 bridgehead atoms. The monoisotopic (exact) mass is 477 g/mol. The van der Waals surface area contributed by atoms with E-state index in [1.807, 2.05) is 13.8 Å². The molecule has 4 rings (SSSR count). The lowest BCUT2D eigenvalue weighted by Crippen LogP contribution is -2.40. The van der Waals surface area contributed by atoms with Gasteiger partial charge in [-0.2, -0.15) is 5.10 Å². The summed E-state index contributed by atoms with van der Waals surface area (Å²) in [5, 5.41) is 6.84. The van der Waals surface area contributed by atoms with Crippen LogP contribution >= 0.6 is 0 Å². The van der Waals surface area contributed by atoms with E-state index in [1.165, 1.54) is 35.6 Å². The Morgan fingerprint density at radius 1 is 1.21 bits per heavy atom. The van der Waals surface area contributed by atoms with Gasteiger partial charge in [-0.25, -0.2) is 22.0 Å². The Hall–Kier alpha value is -3.08. The molecule has 1 N–H and O–H groups in total. The summed E-state index contributed by atoms with van der Waals surface area (Å²) in [7, 11) is -3.70. The molecule has 11 heteroatoms. The van der Waals surface area contributed by atoms with Gasteiger partial charge in [0.15, 0.2) is 0 Å². The SMILES string of the molecule is CC(C)n1cc(S(=O)(=O)c2ccc(CNC(=O)N3CC4=C(C3)C(C(C)(F)F)N=C4)cc2)cn1. The number of halogens is 2. The van der Waals surface area contributed by atoms with Crippen molar-refractivity contribution in [3.8, 4) is 0 Å². The lowest BCUT2D eigenvalue weighted by Gasteiger charge is -2.22. The number of carbonyl (C=O) groups excluding carboxylic acids is 1. The van der Waals surface area contributed by atoms with Crippen LogP contribution in [0.25, 0.3) is 0 Å². The average Bonchev–Trinajstić information content (AvgIpc) is 3.46. The Morgan fingerprint density at radius 2 is 1.91 bits per heavy atom. The van der Waals surface area contributed by atoms with E-state index in [-0.39, 0.29) is 41.5 Å². The number of urea groups is 1. The third-order valence-electron chi connectivity index (χ3n) is 5.71. The van der Waals surface area contributed by atoms with Crippen molar-refractivity contribution in [2.45, 2.75) is 55.1 Å². The molecule has 2 aliphatic heterocycles. The maximum absolute atomic E-state index is 13.7. The van der Waals surface area contributed by atoms with Crippen LogP contribution in [0.1, 0.15) is 32.4 Å². The van der Waals surface area contributed by atoms with Crippen LogP contribution in [0.3, 0.4) is 0 Å². The quantitative estimate of drug-likeness (QED) is 0.691. The summed E-state index contributed by atoms with van der Waals surface area (Å²) >= 11 is 0. The number of alkyl halides is 2. The van der Waals surface area contributed by atoms with E-state index in [9.17, 15) is 22.0 Å². The van der Waals surface area contributed by atoms with Crippen molar-refractivity contribution in [3.05, 3.63) is 53.4 Å². The van der Waals surface area contributed by atoms with Gasteiger partial charge in [0.2, 0.25) is 9.84 Å². The van der Waals surface area contributed by atoms with E-state index in [2.05, 4.69) is 15.4 Å². The highest BCUT2D eigenvalue weighted by Crippen LogP contribution is 2.35. The van der Waals surface area contributed by atoms with Crippen molar-refractivity contribution in [3.63, 3.8) is 0 Å². The van der Waals surface area contributed by atoms with Crippen molar-refractivity contribution in [2.75, 3.05) is 13.1 Å². The lowest BCUT2D eigenvalue weighted by atomic mass is 10.0. The zero-order chi connectivity index (χ0) is 24.0. The predicted molar refractivity (Wildman–Crippen MR) is 118 cm³/mol. The number of rotatable bonds is 6. The van der Waals surface area contributed by atoms with Gasteiger partial charge in [-0.15, -0.1) is 0 Å². The summed E-state index contributed by atoms with van der Waals surface area (Å²) in [6.45, 7) is 5.16. The molecule has 1 atom stereocenters. The molecule has 1 unspecified atom stereocenters. The summed E-state index contributed by atoms with van der Waals surface area (Å²) in [6.07, 6.45) is 4.25. The number of nitrogens with zero attached hydrogens (tertiary/aromatic N) is 4. The van der Waals surface area contributed by atoms with Crippen molar-refractivity contribution in [1.82, 2.24) is 20.0 Å². The highest BCUT2D eigenvalue weighted by Gasteiger charge is 2.43. The summed E-state index contributed by atoms with van der Waals surface area (Å²) in [5.41, 5.74) is 1.85. The Morgan fingerprint density at radius 3 is 2.52 bits per heavy atom. The number of hydrogen-bond donors (Lipinski definition) is 1. The molecule has 33 heavy (non-hydrogen) atoms. The highest BCUT2D eigenvalue weighted by molar-refractivity contribution is 7.91. The number of aliphatic imine (C=N–C) groups is 1. The Bertz CT molecular complexity index is 1230. The van der Waals surface area contributed by atoms with Gasteiger partial charge in [0.25, 0.3) is 5.92 Å². The van der Waals surface area contributed by atoms with Crippen LogP contribution in [0.4, 0.5) is 13.6 Å². The van der Waals surface area contributed by atoms with Crippen LogP contribution < -0.4 is 5.32 Å². The number of hydrogen-bond acceptors (Lipinski definition) is 5. The van der Waals surface area contributed by atoms with Crippen molar-refractivity contribution in [2.24, 2.45) is 4.99 Å². The maximum atomic E-state index is 13.7.